The van der Waals surface area contributed by atoms with E-state index in [1.165, 1.54) is 24.3 Å². The number of carbonyl (C=O) groups excluding carboxylic acids is 3. The van der Waals surface area contributed by atoms with Crippen molar-refractivity contribution in [3.8, 4) is 5.75 Å². The average molecular weight is 472 g/mol. The predicted molar refractivity (Wildman–Crippen MR) is 133 cm³/mol. The molecule has 0 bridgehead atoms. The monoisotopic (exact) mass is 471 g/mol. The number of benzene rings is 3. The van der Waals surface area contributed by atoms with Crippen LogP contribution >= 0.6 is 0 Å². The molecule has 0 fully saturated rings. The number of fused-ring (bicyclic) bond motifs is 1. The molecule has 8 heteroatoms. The van der Waals surface area contributed by atoms with E-state index in [9.17, 15) is 14.4 Å². The van der Waals surface area contributed by atoms with Gasteiger partial charge in [0.2, 0.25) is 5.91 Å². The maximum absolute atomic E-state index is 12.8. The molecule has 0 radical (unpaired) electrons. The standard InChI is InChI=1S/C27H25N3O5/c1-2-34-26(32)18-7-10-21(11-8-18)35-27(33)23-16-29-24-12-9-20(15-22(23)24)30-25(31)13-6-17-4-3-5-19(28)14-17/h3-5,7-12,14-16,29H,2,6,13,28H2,1H3,(H,30,31). The number of H-pyrrole nitrogens is 1. The third-order valence-corrected chi connectivity index (χ3v) is 5.35. The average Bonchev–Trinajstić information content (AvgIpc) is 3.27. The first-order valence-corrected chi connectivity index (χ1v) is 11.2. The molecule has 0 aliphatic carbocycles. The number of carbonyl (C=O) groups is 3. The van der Waals surface area contributed by atoms with Crippen LogP contribution in [0.25, 0.3) is 10.9 Å². The Morgan fingerprint density at radius 3 is 2.51 bits per heavy atom. The normalized spacial score (nSPS) is 10.7. The van der Waals surface area contributed by atoms with Crippen molar-refractivity contribution in [2.45, 2.75) is 19.8 Å². The Labute approximate surface area is 202 Å². The van der Waals surface area contributed by atoms with E-state index in [4.69, 9.17) is 15.2 Å². The fraction of sp³-hybridized carbons (Fsp3) is 0.148. The number of nitrogens with two attached hydrogens (primary N) is 1. The van der Waals surface area contributed by atoms with Crippen molar-refractivity contribution in [1.29, 1.82) is 0 Å². The van der Waals surface area contributed by atoms with Gasteiger partial charge in [0.15, 0.2) is 0 Å². The molecule has 0 aliphatic heterocycles. The van der Waals surface area contributed by atoms with Crippen molar-refractivity contribution in [3.05, 3.63) is 89.6 Å². The molecular formula is C27H25N3O5. The Hall–Kier alpha value is -4.59. The van der Waals surface area contributed by atoms with Gasteiger partial charge in [0.05, 0.1) is 17.7 Å². The number of aromatic nitrogens is 1. The maximum Gasteiger partial charge on any atom is 0.345 e. The van der Waals surface area contributed by atoms with E-state index in [0.717, 1.165) is 11.1 Å². The lowest BCUT2D eigenvalue weighted by Gasteiger charge is -2.07. The first kappa shape index (κ1) is 23.6. The number of aryl methyl sites for hydroxylation is 1. The van der Waals surface area contributed by atoms with Gasteiger partial charge in [-0.15, -0.1) is 0 Å². The minimum atomic E-state index is -0.565. The fourth-order valence-electron chi connectivity index (χ4n) is 3.63. The molecule has 1 aromatic heterocycles. The summed E-state index contributed by atoms with van der Waals surface area (Å²) in [5.41, 5.74) is 9.43. The molecule has 0 aliphatic rings. The second-order valence-electron chi connectivity index (χ2n) is 7.89. The molecule has 4 aromatic rings. The van der Waals surface area contributed by atoms with Crippen molar-refractivity contribution >= 4 is 40.1 Å². The fourth-order valence-corrected chi connectivity index (χ4v) is 3.63. The molecule has 1 heterocycles. The molecule has 1 amide bonds. The smallest absolute Gasteiger partial charge is 0.345 e. The Bertz CT molecular complexity index is 1380. The summed E-state index contributed by atoms with van der Waals surface area (Å²) in [6.45, 7) is 2.01. The molecule has 4 rings (SSSR count). The summed E-state index contributed by atoms with van der Waals surface area (Å²) in [5, 5.41) is 3.49. The SMILES string of the molecule is CCOC(=O)c1ccc(OC(=O)c2c[nH]c3ccc(NC(=O)CCc4cccc(N)c4)cc23)cc1. The Balaban J connectivity index is 1.42. The number of rotatable bonds is 8. The van der Waals surface area contributed by atoms with Gasteiger partial charge in [-0.3, -0.25) is 4.79 Å². The maximum atomic E-state index is 12.8. The van der Waals surface area contributed by atoms with Gasteiger partial charge in [-0.05, 0) is 73.5 Å². The highest BCUT2D eigenvalue weighted by atomic mass is 16.5. The first-order chi connectivity index (χ1) is 16.9. The third-order valence-electron chi connectivity index (χ3n) is 5.35. The summed E-state index contributed by atoms with van der Waals surface area (Å²) >= 11 is 0. The van der Waals surface area contributed by atoms with Crippen LogP contribution in [0.3, 0.4) is 0 Å². The molecule has 0 saturated heterocycles. The summed E-state index contributed by atoms with van der Waals surface area (Å²) < 4.78 is 10.4. The molecule has 0 spiro atoms. The summed E-state index contributed by atoms with van der Waals surface area (Å²) in [6.07, 6.45) is 2.42. The Morgan fingerprint density at radius 2 is 1.77 bits per heavy atom. The van der Waals surface area contributed by atoms with Crippen molar-refractivity contribution in [3.63, 3.8) is 0 Å². The zero-order chi connectivity index (χ0) is 24.8. The second kappa shape index (κ2) is 10.6. The summed E-state index contributed by atoms with van der Waals surface area (Å²) in [7, 11) is 0. The molecule has 0 atom stereocenters. The van der Waals surface area contributed by atoms with Crippen LogP contribution in [0.5, 0.6) is 5.75 Å². The number of ether oxygens (including phenoxy) is 2. The molecule has 0 saturated carbocycles. The van der Waals surface area contributed by atoms with E-state index in [-0.39, 0.29) is 12.5 Å². The van der Waals surface area contributed by atoms with E-state index < -0.39 is 11.9 Å². The highest BCUT2D eigenvalue weighted by molar-refractivity contribution is 6.06. The lowest BCUT2D eigenvalue weighted by molar-refractivity contribution is -0.116. The van der Waals surface area contributed by atoms with Crippen LogP contribution in [0.1, 0.15) is 39.6 Å². The number of hydrogen-bond donors (Lipinski definition) is 3. The molecule has 35 heavy (non-hydrogen) atoms. The number of anilines is 2. The second-order valence-corrected chi connectivity index (χ2v) is 7.89. The van der Waals surface area contributed by atoms with Crippen molar-refractivity contribution in [1.82, 2.24) is 4.98 Å². The first-order valence-electron chi connectivity index (χ1n) is 11.2. The number of nitrogens with one attached hydrogen (secondary N) is 2. The van der Waals surface area contributed by atoms with Crippen LogP contribution in [0.15, 0.2) is 72.9 Å². The van der Waals surface area contributed by atoms with Gasteiger partial charge in [0.1, 0.15) is 5.75 Å². The van der Waals surface area contributed by atoms with Gasteiger partial charge < -0.3 is 25.5 Å². The Morgan fingerprint density at radius 1 is 0.971 bits per heavy atom. The van der Waals surface area contributed by atoms with Crippen LogP contribution in [-0.2, 0) is 16.0 Å². The molecule has 0 unspecified atom stereocenters. The molecule has 8 nitrogen and oxygen atoms in total. The lowest BCUT2D eigenvalue weighted by atomic mass is 10.1. The number of nitrogen functional groups attached to an aromatic ring is 1. The number of aromatic amines is 1. The molecule has 3 aromatic carbocycles. The van der Waals surface area contributed by atoms with Gasteiger partial charge in [0, 0.05) is 34.9 Å². The Kier molecular flexibility index (Phi) is 7.11. The van der Waals surface area contributed by atoms with Crippen LogP contribution in [0, 0.1) is 0 Å². The van der Waals surface area contributed by atoms with Gasteiger partial charge in [-0.2, -0.15) is 0 Å². The summed E-state index contributed by atoms with van der Waals surface area (Å²) in [4.78, 5) is 40.1. The number of amides is 1. The van der Waals surface area contributed by atoms with E-state index in [1.54, 1.807) is 37.4 Å². The van der Waals surface area contributed by atoms with E-state index in [2.05, 4.69) is 10.3 Å². The predicted octanol–water partition coefficient (Wildman–Crippen LogP) is 4.72. The quantitative estimate of drug-likeness (QED) is 0.194. The van der Waals surface area contributed by atoms with E-state index >= 15 is 0 Å². The van der Waals surface area contributed by atoms with Gasteiger partial charge in [0.25, 0.3) is 0 Å². The van der Waals surface area contributed by atoms with Crippen LogP contribution < -0.4 is 15.8 Å². The van der Waals surface area contributed by atoms with Crippen molar-refractivity contribution in [2.75, 3.05) is 17.7 Å². The van der Waals surface area contributed by atoms with Crippen molar-refractivity contribution in [2.24, 2.45) is 0 Å². The third kappa shape index (κ3) is 5.86. The highest BCUT2D eigenvalue weighted by Crippen LogP contribution is 2.24. The van der Waals surface area contributed by atoms with E-state index in [1.807, 2.05) is 18.2 Å². The minimum Gasteiger partial charge on any atom is -0.462 e. The van der Waals surface area contributed by atoms with Gasteiger partial charge >= 0.3 is 11.9 Å². The van der Waals surface area contributed by atoms with E-state index in [0.29, 0.717) is 46.5 Å². The lowest BCUT2D eigenvalue weighted by Crippen LogP contribution is -2.12. The highest BCUT2D eigenvalue weighted by Gasteiger charge is 2.16. The van der Waals surface area contributed by atoms with Crippen LogP contribution in [-0.4, -0.2) is 29.4 Å². The zero-order valence-electron chi connectivity index (χ0n) is 19.2. The van der Waals surface area contributed by atoms with Crippen LogP contribution in [0.2, 0.25) is 0 Å². The zero-order valence-corrected chi connectivity index (χ0v) is 19.2. The number of hydrogen-bond acceptors (Lipinski definition) is 6. The minimum absolute atomic E-state index is 0.145. The van der Waals surface area contributed by atoms with Crippen LogP contribution in [0.4, 0.5) is 11.4 Å². The summed E-state index contributed by atoms with van der Waals surface area (Å²) in [5.74, 6) is -0.855. The largest absolute Gasteiger partial charge is 0.462 e. The summed E-state index contributed by atoms with van der Waals surface area (Å²) in [6, 6.07) is 18.9. The topological polar surface area (TPSA) is 124 Å². The molecule has 4 N–H and O–H groups in total. The molecular weight excluding hydrogens is 446 g/mol. The number of esters is 2. The van der Waals surface area contributed by atoms with Gasteiger partial charge in [-0.25, -0.2) is 9.59 Å². The van der Waals surface area contributed by atoms with Gasteiger partial charge in [-0.1, -0.05) is 12.1 Å². The molecule has 178 valence electrons. The van der Waals surface area contributed by atoms with Crippen molar-refractivity contribution < 1.29 is 23.9 Å².